The fourth-order valence-corrected chi connectivity index (χ4v) is 5.58. The van der Waals surface area contributed by atoms with E-state index in [0.717, 1.165) is 5.39 Å². The number of carbonyl (C=O) groups is 1. The molecule has 4 rings (SSSR count). The van der Waals surface area contributed by atoms with Crippen molar-refractivity contribution in [2.75, 3.05) is 13.1 Å². The molecule has 0 spiro atoms. The molecule has 0 radical (unpaired) electrons. The molecular formula is C18H19N3O4S2. The summed E-state index contributed by atoms with van der Waals surface area (Å²) in [4.78, 5) is 14.4. The van der Waals surface area contributed by atoms with Crippen LogP contribution in [-0.4, -0.2) is 43.5 Å². The molecule has 7 nitrogen and oxygen atoms in total. The quantitative estimate of drug-likeness (QED) is 0.704. The average molecular weight is 406 g/mol. The third kappa shape index (κ3) is 3.90. The first-order valence-corrected chi connectivity index (χ1v) is 11.1. The molecule has 9 heteroatoms. The average Bonchev–Trinajstić information content (AvgIpc) is 3.33. The van der Waals surface area contributed by atoms with Crippen molar-refractivity contribution >= 4 is 38.2 Å². The van der Waals surface area contributed by atoms with E-state index >= 15 is 0 Å². The Bertz CT molecular complexity index is 1040. The van der Waals surface area contributed by atoms with E-state index in [9.17, 15) is 13.2 Å². The van der Waals surface area contributed by atoms with Crippen molar-refractivity contribution in [3.8, 4) is 0 Å². The number of nitrogens with one attached hydrogen (secondary N) is 1. The van der Waals surface area contributed by atoms with Crippen LogP contribution in [0.1, 0.15) is 18.5 Å². The Morgan fingerprint density at radius 1 is 1.22 bits per heavy atom. The normalized spacial score (nSPS) is 16.1. The lowest BCUT2D eigenvalue weighted by Crippen LogP contribution is -2.46. The van der Waals surface area contributed by atoms with Crippen molar-refractivity contribution in [1.29, 1.82) is 0 Å². The molecule has 1 amide bonds. The van der Waals surface area contributed by atoms with Gasteiger partial charge in [-0.2, -0.15) is 0 Å². The number of aromatic nitrogens is 1. The number of fused-ring (bicyclic) bond motifs is 1. The van der Waals surface area contributed by atoms with E-state index in [1.807, 2.05) is 24.3 Å². The highest BCUT2D eigenvalue weighted by Gasteiger charge is 2.27. The number of benzene rings is 1. The van der Waals surface area contributed by atoms with Crippen LogP contribution in [0.25, 0.3) is 11.0 Å². The molecule has 1 saturated heterocycles. The molecular weight excluding hydrogens is 386 g/mol. The molecule has 0 saturated carbocycles. The van der Waals surface area contributed by atoms with Gasteiger partial charge in [-0.15, -0.1) is 11.3 Å². The number of sulfonamides is 1. The first kappa shape index (κ1) is 18.1. The largest absolute Gasteiger partial charge is 0.356 e. The fourth-order valence-electron chi connectivity index (χ4n) is 3.26. The second-order valence-corrected chi connectivity index (χ2v) is 9.40. The molecule has 3 aromatic rings. The van der Waals surface area contributed by atoms with E-state index < -0.39 is 10.0 Å². The molecule has 0 bridgehead atoms. The molecule has 3 heterocycles. The van der Waals surface area contributed by atoms with Crippen LogP contribution >= 0.6 is 11.3 Å². The Labute approximate surface area is 161 Å². The van der Waals surface area contributed by atoms with Gasteiger partial charge in [0.25, 0.3) is 0 Å². The number of hydrogen-bond acceptors (Lipinski definition) is 6. The number of thiophene rings is 1. The van der Waals surface area contributed by atoms with Gasteiger partial charge in [0, 0.05) is 24.5 Å². The molecule has 0 atom stereocenters. The maximum absolute atomic E-state index is 12.6. The Hall–Kier alpha value is -2.23. The molecule has 27 heavy (non-hydrogen) atoms. The van der Waals surface area contributed by atoms with Crippen LogP contribution in [0.2, 0.25) is 0 Å². The molecule has 0 unspecified atom stereocenters. The molecule has 1 N–H and O–H groups in total. The lowest BCUT2D eigenvalue weighted by Gasteiger charge is -2.32. The predicted octanol–water partition coefficient (Wildman–Crippen LogP) is 2.40. The molecule has 2 aromatic heterocycles. The first-order chi connectivity index (χ1) is 13.0. The van der Waals surface area contributed by atoms with E-state index in [4.69, 9.17) is 4.52 Å². The fraction of sp³-hybridized carbons (Fsp3) is 0.333. The van der Waals surface area contributed by atoms with Gasteiger partial charge in [0.15, 0.2) is 5.58 Å². The van der Waals surface area contributed by atoms with Gasteiger partial charge in [-0.3, -0.25) is 4.79 Å². The SMILES string of the molecule is O=C(Cc1noc2ccccc12)N1CCC(NS(=O)(=O)c2cccs2)CC1. The van der Waals surface area contributed by atoms with Gasteiger partial charge in [0.2, 0.25) is 15.9 Å². The van der Waals surface area contributed by atoms with Crippen molar-refractivity contribution < 1.29 is 17.7 Å². The summed E-state index contributed by atoms with van der Waals surface area (Å²) in [6.07, 6.45) is 1.37. The van der Waals surface area contributed by atoms with Crippen molar-refractivity contribution in [3.05, 3.63) is 47.5 Å². The van der Waals surface area contributed by atoms with E-state index in [1.165, 1.54) is 11.3 Å². The van der Waals surface area contributed by atoms with Crippen molar-refractivity contribution in [2.45, 2.75) is 29.5 Å². The van der Waals surface area contributed by atoms with Gasteiger partial charge in [-0.25, -0.2) is 13.1 Å². The van der Waals surface area contributed by atoms with Gasteiger partial charge in [0.1, 0.15) is 9.90 Å². The summed E-state index contributed by atoms with van der Waals surface area (Å²) in [5, 5.41) is 6.60. The number of likely N-dealkylation sites (tertiary alicyclic amines) is 1. The molecule has 1 fully saturated rings. The van der Waals surface area contributed by atoms with Gasteiger partial charge in [-0.1, -0.05) is 23.4 Å². The van der Waals surface area contributed by atoms with Gasteiger partial charge in [-0.05, 0) is 36.4 Å². The van der Waals surface area contributed by atoms with Crippen LogP contribution < -0.4 is 4.72 Å². The summed E-state index contributed by atoms with van der Waals surface area (Å²) in [5.41, 5.74) is 1.30. The number of hydrogen-bond donors (Lipinski definition) is 1. The smallest absolute Gasteiger partial charge is 0.250 e. The minimum Gasteiger partial charge on any atom is -0.356 e. The van der Waals surface area contributed by atoms with Crippen LogP contribution in [0, 0.1) is 0 Å². The second-order valence-electron chi connectivity index (χ2n) is 6.51. The maximum atomic E-state index is 12.6. The minimum absolute atomic E-state index is 0.0198. The van der Waals surface area contributed by atoms with E-state index in [-0.39, 0.29) is 18.4 Å². The second kappa shape index (κ2) is 7.41. The van der Waals surface area contributed by atoms with Gasteiger partial charge >= 0.3 is 0 Å². The van der Waals surface area contributed by atoms with Crippen LogP contribution in [0.15, 0.2) is 50.5 Å². The van der Waals surface area contributed by atoms with Gasteiger partial charge in [0.05, 0.1) is 6.42 Å². The molecule has 1 aliphatic rings. The Kier molecular flexibility index (Phi) is 4.98. The van der Waals surface area contributed by atoms with Crippen LogP contribution in [0.3, 0.4) is 0 Å². The van der Waals surface area contributed by atoms with E-state index in [1.54, 1.807) is 22.4 Å². The summed E-state index contributed by atoms with van der Waals surface area (Å²) < 4.78 is 32.9. The van der Waals surface area contributed by atoms with Crippen LogP contribution in [-0.2, 0) is 21.2 Å². The van der Waals surface area contributed by atoms with Crippen LogP contribution in [0.5, 0.6) is 0 Å². The number of piperidine rings is 1. The molecule has 1 aliphatic heterocycles. The highest BCUT2D eigenvalue weighted by molar-refractivity contribution is 7.91. The zero-order valence-electron chi connectivity index (χ0n) is 14.5. The van der Waals surface area contributed by atoms with E-state index in [2.05, 4.69) is 9.88 Å². The standard InChI is InChI=1S/C18H19N3O4S2/c22-17(12-15-14-4-1-2-5-16(14)25-19-15)21-9-7-13(8-10-21)20-27(23,24)18-6-3-11-26-18/h1-6,11,13,20H,7-10,12H2. The van der Waals surface area contributed by atoms with Crippen molar-refractivity contribution in [2.24, 2.45) is 0 Å². The van der Waals surface area contributed by atoms with Gasteiger partial charge < -0.3 is 9.42 Å². The summed E-state index contributed by atoms with van der Waals surface area (Å²) in [7, 11) is -3.48. The number of amides is 1. The zero-order chi connectivity index (χ0) is 18.9. The number of rotatable bonds is 5. The lowest BCUT2D eigenvalue weighted by atomic mass is 10.1. The number of para-hydroxylation sites is 1. The molecule has 1 aromatic carbocycles. The Morgan fingerprint density at radius 3 is 2.74 bits per heavy atom. The highest BCUT2D eigenvalue weighted by Crippen LogP contribution is 2.21. The Balaban J connectivity index is 1.34. The predicted molar refractivity (Wildman–Crippen MR) is 102 cm³/mol. The summed E-state index contributed by atoms with van der Waals surface area (Å²) in [5.74, 6) is -0.0198. The minimum atomic E-state index is -3.48. The third-order valence-electron chi connectivity index (χ3n) is 4.70. The van der Waals surface area contributed by atoms with Crippen molar-refractivity contribution in [1.82, 2.24) is 14.8 Å². The monoisotopic (exact) mass is 405 g/mol. The summed E-state index contributed by atoms with van der Waals surface area (Å²) in [6.45, 7) is 1.04. The first-order valence-electron chi connectivity index (χ1n) is 8.70. The number of nitrogens with zero attached hydrogens (tertiary/aromatic N) is 2. The molecule has 0 aliphatic carbocycles. The van der Waals surface area contributed by atoms with Crippen LogP contribution in [0.4, 0.5) is 0 Å². The van der Waals surface area contributed by atoms with Crippen molar-refractivity contribution in [3.63, 3.8) is 0 Å². The third-order valence-corrected chi connectivity index (χ3v) is 7.62. The zero-order valence-corrected chi connectivity index (χ0v) is 16.1. The molecule has 142 valence electrons. The topological polar surface area (TPSA) is 92.5 Å². The highest BCUT2D eigenvalue weighted by atomic mass is 32.2. The van der Waals surface area contributed by atoms with E-state index in [0.29, 0.717) is 41.4 Å². The maximum Gasteiger partial charge on any atom is 0.250 e. The Morgan fingerprint density at radius 2 is 2.00 bits per heavy atom. The lowest BCUT2D eigenvalue weighted by molar-refractivity contribution is -0.131. The summed E-state index contributed by atoms with van der Waals surface area (Å²) >= 11 is 1.20. The summed E-state index contributed by atoms with van der Waals surface area (Å²) in [6, 6.07) is 10.6. The number of carbonyl (C=O) groups excluding carboxylic acids is 1.